The number of hydrogen-bond donors (Lipinski definition) is 1. The summed E-state index contributed by atoms with van der Waals surface area (Å²) in [7, 11) is 0. The van der Waals surface area contributed by atoms with Crippen LogP contribution in [0.1, 0.15) is 32.1 Å². The molecule has 7 nitrogen and oxygen atoms in total. The summed E-state index contributed by atoms with van der Waals surface area (Å²) in [4.78, 5) is 4.04. The first-order chi connectivity index (χ1) is 8.77. The van der Waals surface area contributed by atoms with Gasteiger partial charge in [0.05, 0.1) is 17.9 Å². The van der Waals surface area contributed by atoms with Crippen molar-refractivity contribution in [2.45, 2.75) is 37.6 Å². The fourth-order valence-electron chi connectivity index (χ4n) is 2.37. The van der Waals surface area contributed by atoms with E-state index in [1.54, 1.807) is 12.4 Å². The normalized spacial score (nSPS) is 18.9. The van der Waals surface area contributed by atoms with Crippen molar-refractivity contribution in [3.8, 4) is 5.88 Å². The van der Waals surface area contributed by atoms with E-state index in [1.165, 1.54) is 23.8 Å². The molecule has 18 heavy (non-hydrogen) atoms. The summed E-state index contributed by atoms with van der Waals surface area (Å²) < 4.78 is 7.28. The Morgan fingerprint density at radius 3 is 2.94 bits per heavy atom. The summed E-state index contributed by atoms with van der Waals surface area (Å²) in [5.41, 5.74) is 6.66. The Hall–Kier alpha value is -1.76. The van der Waals surface area contributed by atoms with E-state index in [1.807, 2.05) is 0 Å². The Morgan fingerprint density at radius 2 is 2.11 bits per heavy atom. The van der Waals surface area contributed by atoms with Gasteiger partial charge >= 0.3 is 0 Å². The van der Waals surface area contributed by atoms with Gasteiger partial charge in [-0.25, -0.2) is 0 Å². The molecule has 96 valence electrons. The lowest BCUT2D eigenvalue weighted by Crippen LogP contribution is -2.47. The number of ether oxygens (including phenoxy) is 1. The van der Waals surface area contributed by atoms with E-state index >= 15 is 0 Å². The maximum absolute atomic E-state index is 6.32. The van der Waals surface area contributed by atoms with Crippen molar-refractivity contribution in [2.75, 3.05) is 6.61 Å². The first-order valence-corrected chi connectivity index (χ1v) is 6.21. The van der Waals surface area contributed by atoms with E-state index in [2.05, 4.69) is 20.5 Å². The van der Waals surface area contributed by atoms with Crippen molar-refractivity contribution in [1.82, 2.24) is 25.0 Å². The molecule has 3 rings (SSSR count). The molecule has 2 heterocycles. The quantitative estimate of drug-likeness (QED) is 0.853. The molecular weight excluding hydrogens is 232 g/mol. The summed E-state index contributed by atoms with van der Waals surface area (Å²) in [5.74, 6) is 0.535. The van der Waals surface area contributed by atoms with Crippen molar-refractivity contribution >= 4 is 5.65 Å². The largest absolute Gasteiger partial charge is 0.475 e. The molecule has 1 fully saturated rings. The van der Waals surface area contributed by atoms with Crippen molar-refractivity contribution in [3.63, 3.8) is 0 Å². The maximum atomic E-state index is 6.32. The summed E-state index contributed by atoms with van der Waals surface area (Å²) in [6, 6.07) is 0. The average molecular weight is 248 g/mol. The van der Waals surface area contributed by atoms with Gasteiger partial charge in [-0.1, -0.05) is 19.3 Å². The van der Waals surface area contributed by atoms with Gasteiger partial charge in [0.2, 0.25) is 11.5 Å². The second kappa shape index (κ2) is 4.49. The van der Waals surface area contributed by atoms with E-state index in [0.29, 0.717) is 18.1 Å². The third-order valence-corrected chi connectivity index (χ3v) is 3.43. The van der Waals surface area contributed by atoms with Gasteiger partial charge in [0, 0.05) is 0 Å². The summed E-state index contributed by atoms with van der Waals surface area (Å²) in [5, 5.41) is 11.3. The first-order valence-electron chi connectivity index (χ1n) is 6.21. The Bertz CT molecular complexity index is 533. The van der Waals surface area contributed by atoms with Crippen LogP contribution in [-0.2, 0) is 0 Å². The standard InChI is InChI=1S/C11H16N6O/c12-11(4-2-1-3-5-11)8-18-10-7-13-6-9-14-15-16-17(9)10/h6-7H,1-5,8,12H2. The number of aromatic nitrogens is 5. The van der Waals surface area contributed by atoms with Crippen LogP contribution in [0, 0.1) is 0 Å². The minimum Gasteiger partial charge on any atom is -0.475 e. The molecule has 1 aliphatic carbocycles. The summed E-state index contributed by atoms with van der Waals surface area (Å²) in [6.07, 6.45) is 8.82. The first kappa shape index (κ1) is 11.3. The monoisotopic (exact) mass is 248 g/mol. The zero-order valence-electron chi connectivity index (χ0n) is 10.1. The van der Waals surface area contributed by atoms with Gasteiger partial charge in [0.25, 0.3) is 0 Å². The van der Waals surface area contributed by atoms with E-state index in [9.17, 15) is 0 Å². The van der Waals surface area contributed by atoms with Crippen molar-refractivity contribution < 1.29 is 4.74 Å². The van der Waals surface area contributed by atoms with Gasteiger partial charge in [-0.15, -0.1) is 5.10 Å². The Labute approximate surface area is 104 Å². The molecule has 1 aliphatic rings. The highest BCUT2D eigenvalue weighted by Gasteiger charge is 2.28. The van der Waals surface area contributed by atoms with Crippen LogP contribution in [0.15, 0.2) is 12.4 Å². The van der Waals surface area contributed by atoms with Crippen LogP contribution < -0.4 is 10.5 Å². The number of tetrazole rings is 1. The molecule has 2 aromatic heterocycles. The minimum atomic E-state index is -0.228. The lowest BCUT2D eigenvalue weighted by molar-refractivity contribution is 0.165. The lowest BCUT2D eigenvalue weighted by atomic mass is 9.83. The zero-order valence-corrected chi connectivity index (χ0v) is 10.1. The molecule has 0 bridgehead atoms. The fourth-order valence-corrected chi connectivity index (χ4v) is 2.37. The Balaban J connectivity index is 1.74. The van der Waals surface area contributed by atoms with Crippen LogP contribution in [0.5, 0.6) is 5.88 Å². The van der Waals surface area contributed by atoms with E-state index in [0.717, 1.165) is 12.8 Å². The van der Waals surface area contributed by atoms with Crippen LogP contribution >= 0.6 is 0 Å². The second-order valence-corrected chi connectivity index (χ2v) is 4.91. The third-order valence-electron chi connectivity index (χ3n) is 3.43. The molecular formula is C11H16N6O. The van der Waals surface area contributed by atoms with Crippen LogP contribution in [0.2, 0.25) is 0 Å². The molecule has 2 aromatic rings. The van der Waals surface area contributed by atoms with E-state index in [-0.39, 0.29) is 5.54 Å². The second-order valence-electron chi connectivity index (χ2n) is 4.91. The molecule has 0 atom stereocenters. The van der Waals surface area contributed by atoms with Gasteiger partial charge in [0.15, 0.2) is 0 Å². The molecule has 0 aliphatic heterocycles. The highest BCUT2D eigenvalue weighted by atomic mass is 16.5. The highest BCUT2D eigenvalue weighted by Crippen LogP contribution is 2.26. The van der Waals surface area contributed by atoms with E-state index < -0.39 is 0 Å². The molecule has 0 amide bonds. The predicted molar refractivity (Wildman–Crippen MR) is 64.1 cm³/mol. The Morgan fingerprint density at radius 1 is 1.28 bits per heavy atom. The summed E-state index contributed by atoms with van der Waals surface area (Å²) in [6.45, 7) is 0.480. The number of rotatable bonds is 3. The predicted octanol–water partition coefficient (Wildman–Crippen LogP) is 0.560. The van der Waals surface area contributed by atoms with Crippen LogP contribution in [0.4, 0.5) is 0 Å². The number of hydrogen-bond acceptors (Lipinski definition) is 6. The van der Waals surface area contributed by atoms with Gasteiger partial charge in [-0.3, -0.25) is 4.98 Å². The van der Waals surface area contributed by atoms with Gasteiger partial charge in [-0.05, 0) is 23.3 Å². The van der Waals surface area contributed by atoms with Crippen LogP contribution in [-0.4, -0.2) is 37.2 Å². The molecule has 0 radical (unpaired) electrons. The number of nitrogens with two attached hydrogens (primary N) is 1. The molecule has 1 saturated carbocycles. The smallest absolute Gasteiger partial charge is 0.237 e. The van der Waals surface area contributed by atoms with Crippen LogP contribution in [0.3, 0.4) is 0 Å². The topological polar surface area (TPSA) is 91.2 Å². The molecule has 0 unspecified atom stereocenters. The molecule has 0 saturated heterocycles. The fraction of sp³-hybridized carbons (Fsp3) is 0.636. The van der Waals surface area contributed by atoms with E-state index in [4.69, 9.17) is 10.5 Å². The minimum absolute atomic E-state index is 0.228. The molecule has 2 N–H and O–H groups in total. The summed E-state index contributed by atoms with van der Waals surface area (Å²) >= 11 is 0. The zero-order chi connectivity index (χ0) is 12.4. The van der Waals surface area contributed by atoms with Crippen LogP contribution in [0.25, 0.3) is 5.65 Å². The molecule has 0 spiro atoms. The van der Waals surface area contributed by atoms with Gasteiger partial charge < -0.3 is 10.5 Å². The van der Waals surface area contributed by atoms with Gasteiger partial charge in [0.1, 0.15) is 6.61 Å². The average Bonchev–Trinajstić information content (AvgIpc) is 2.86. The maximum Gasteiger partial charge on any atom is 0.237 e. The van der Waals surface area contributed by atoms with Crippen molar-refractivity contribution in [3.05, 3.63) is 12.4 Å². The molecule has 7 heteroatoms. The third kappa shape index (κ3) is 2.13. The van der Waals surface area contributed by atoms with Crippen molar-refractivity contribution in [1.29, 1.82) is 0 Å². The SMILES string of the molecule is NC1(COc2cncc3nnnn23)CCCCC1. The number of nitrogens with zero attached hydrogens (tertiary/aromatic N) is 5. The Kier molecular flexibility index (Phi) is 2.83. The van der Waals surface area contributed by atoms with Crippen molar-refractivity contribution in [2.24, 2.45) is 5.73 Å². The lowest BCUT2D eigenvalue weighted by Gasteiger charge is -2.32. The van der Waals surface area contributed by atoms with Gasteiger partial charge in [-0.2, -0.15) is 4.52 Å². The molecule has 0 aromatic carbocycles. The highest BCUT2D eigenvalue weighted by molar-refractivity contribution is 5.34. The number of fused-ring (bicyclic) bond motifs is 1.